The Morgan fingerprint density at radius 1 is 1.14 bits per heavy atom. The third-order valence-corrected chi connectivity index (χ3v) is 1.42. The van der Waals surface area contributed by atoms with Crippen molar-refractivity contribution in [2.75, 3.05) is 32.8 Å². The average Bonchev–Trinajstić information content (AvgIpc) is 2.14. The number of carboxylic acid groups (broad SMARTS) is 1. The summed E-state index contributed by atoms with van der Waals surface area (Å²) in [5, 5.41) is 27.5. The van der Waals surface area contributed by atoms with Crippen LogP contribution in [-0.2, 0) is 4.79 Å². The van der Waals surface area contributed by atoms with Gasteiger partial charge in [0, 0.05) is 13.1 Å². The second-order valence-corrected chi connectivity index (χ2v) is 2.49. The summed E-state index contributed by atoms with van der Waals surface area (Å²) in [5.74, 6) is -1.15. The van der Waals surface area contributed by atoms with Gasteiger partial charge in [-0.3, -0.25) is 4.79 Å². The molecule has 0 radical (unpaired) electrons. The summed E-state index contributed by atoms with van der Waals surface area (Å²) < 4.78 is 0. The van der Waals surface area contributed by atoms with Gasteiger partial charge >= 0.3 is 12.0 Å². The number of aliphatic hydroxyl groups is 2. The highest BCUT2D eigenvalue weighted by atomic mass is 16.4. The average molecular weight is 206 g/mol. The lowest BCUT2D eigenvalue weighted by molar-refractivity contribution is -0.135. The molecule has 0 bridgehead atoms. The molecule has 7 heteroatoms. The van der Waals surface area contributed by atoms with Crippen LogP contribution < -0.4 is 5.32 Å². The van der Waals surface area contributed by atoms with Crippen molar-refractivity contribution < 1.29 is 24.9 Å². The highest BCUT2D eigenvalue weighted by molar-refractivity contribution is 5.79. The third-order valence-electron chi connectivity index (χ3n) is 1.42. The van der Waals surface area contributed by atoms with Gasteiger partial charge in [0.2, 0.25) is 0 Å². The van der Waals surface area contributed by atoms with E-state index in [2.05, 4.69) is 5.32 Å². The number of hydrogen-bond donors (Lipinski definition) is 4. The molecule has 0 aliphatic rings. The van der Waals surface area contributed by atoms with E-state index in [1.807, 2.05) is 0 Å². The predicted molar refractivity (Wildman–Crippen MR) is 46.8 cm³/mol. The van der Waals surface area contributed by atoms with E-state index in [1.54, 1.807) is 0 Å². The smallest absolute Gasteiger partial charge is 0.323 e. The maximum atomic E-state index is 11.2. The summed E-state index contributed by atoms with van der Waals surface area (Å²) in [4.78, 5) is 22.4. The van der Waals surface area contributed by atoms with E-state index in [9.17, 15) is 9.59 Å². The molecule has 0 heterocycles. The summed E-state index contributed by atoms with van der Waals surface area (Å²) in [6, 6.07) is -0.615. The zero-order chi connectivity index (χ0) is 11.0. The fourth-order valence-corrected chi connectivity index (χ4v) is 0.819. The second-order valence-electron chi connectivity index (χ2n) is 2.49. The van der Waals surface area contributed by atoms with Crippen molar-refractivity contribution in [1.29, 1.82) is 0 Å². The van der Waals surface area contributed by atoms with Crippen molar-refractivity contribution in [2.45, 2.75) is 0 Å². The Bertz CT molecular complexity index is 191. The summed E-state index contributed by atoms with van der Waals surface area (Å²) in [7, 11) is 0. The molecule has 0 saturated heterocycles. The standard InChI is InChI=1S/C7H14N2O5/c10-3-1-9(2-4-11)7(14)8-5-6(12)13/h10-11H,1-5H2,(H,8,14)(H,12,13). The zero-order valence-electron chi connectivity index (χ0n) is 7.64. The molecule has 0 unspecified atom stereocenters. The first-order valence-corrected chi connectivity index (χ1v) is 4.08. The summed E-state index contributed by atoms with van der Waals surface area (Å²) in [6.07, 6.45) is 0. The normalized spacial score (nSPS) is 9.57. The van der Waals surface area contributed by atoms with E-state index >= 15 is 0 Å². The summed E-state index contributed by atoms with van der Waals surface area (Å²) in [5.41, 5.74) is 0. The van der Waals surface area contributed by atoms with Gasteiger partial charge in [0.15, 0.2) is 0 Å². The largest absolute Gasteiger partial charge is 0.480 e. The molecule has 0 fully saturated rings. The van der Waals surface area contributed by atoms with Crippen LogP contribution in [0.15, 0.2) is 0 Å². The van der Waals surface area contributed by atoms with Gasteiger partial charge in [0.05, 0.1) is 13.2 Å². The van der Waals surface area contributed by atoms with Gasteiger partial charge < -0.3 is 25.5 Å². The Labute approximate surface area is 80.9 Å². The Morgan fingerprint density at radius 3 is 2.00 bits per heavy atom. The predicted octanol–water partition coefficient (Wildman–Crippen LogP) is -1.93. The number of nitrogens with zero attached hydrogens (tertiary/aromatic N) is 1. The zero-order valence-corrected chi connectivity index (χ0v) is 7.64. The molecule has 7 nitrogen and oxygen atoms in total. The fourth-order valence-electron chi connectivity index (χ4n) is 0.819. The molecule has 0 atom stereocenters. The molecule has 0 spiro atoms. The number of carboxylic acids is 1. The molecule has 4 N–H and O–H groups in total. The number of urea groups is 1. The van der Waals surface area contributed by atoms with Crippen molar-refractivity contribution in [1.82, 2.24) is 10.2 Å². The number of carbonyl (C=O) groups is 2. The molecule has 0 aliphatic carbocycles. The van der Waals surface area contributed by atoms with E-state index in [1.165, 1.54) is 0 Å². The van der Waals surface area contributed by atoms with Gasteiger partial charge in [0.1, 0.15) is 6.54 Å². The van der Waals surface area contributed by atoms with Gasteiger partial charge in [-0.25, -0.2) is 4.79 Å². The van der Waals surface area contributed by atoms with E-state index in [4.69, 9.17) is 15.3 Å². The van der Waals surface area contributed by atoms with Gasteiger partial charge in [-0.05, 0) is 0 Å². The molecular weight excluding hydrogens is 192 g/mol. The minimum Gasteiger partial charge on any atom is -0.480 e. The molecule has 14 heavy (non-hydrogen) atoms. The molecule has 0 aromatic carbocycles. The molecule has 0 aromatic heterocycles. The number of rotatable bonds is 6. The molecule has 0 aliphatic heterocycles. The van der Waals surface area contributed by atoms with Gasteiger partial charge in [-0.15, -0.1) is 0 Å². The lowest BCUT2D eigenvalue weighted by Gasteiger charge is -2.20. The molecule has 0 saturated carbocycles. The Hall–Kier alpha value is -1.34. The fraction of sp³-hybridized carbons (Fsp3) is 0.714. The van der Waals surface area contributed by atoms with Crippen molar-refractivity contribution in [3.05, 3.63) is 0 Å². The number of carbonyl (C=O) groups excluding carboxylic acids is 1. The minimum absolute atomic E-state index is 0.0615. The van der Waals surface area contributed by atoms with Crippen LogP contribution in [0, 0.1) is 0 Å². The van der Waals surface area contributed by atoms with Crippen LogP contribution in [0.25, 0.3) is 0 Å². The van der Waals surface area contributed by atoms with Gasteiger partial charge in [-0.1, -0.05) is 0 Å². The number of hydrogen-bond acceptors (Lipinski definition) is 4. The first kappa shape index (κ1) is 12.7. The van der Waals surface area contributed by atoms with Gasteiger partial charge in [0.25, 0.3) is 0 Å². The number of nitrogens with one attached hydrogen (secondary N) is 1. The monoisotopic (exact) mass is 206 g/mol. The van der Waals surface area contributed by atoms with Crippen molar-refractivity contribution in [2.24, 2.45) is 0 Å². The molecule has 0 aromatic rings. The highest BCUT2D eigenvalue weighted by Crippen LogP contribution is 1.87. The van der Waals surface area contributed by atoms with Gasteiger partial charge in [-0.2, -0.15) is 0 Å². The van der Waals surface area contributed by atoms with E-state index < -0.39 is 18.5 Å². The first-order valence-electron chi connectivity index (χ1n) is 4.08. The Balaban J connectivity index is 3.94. The number of aliphatic hydroxyl groups excluding tert-OH is 2. The first-order chi connectivity index (χ1) is 6.61. The van der Waals surface area contributed by atoms with Crippen molar-refractivity contribution in [3.63, 3.8) is 0 Å². The maximum Gasteiger partial charge on any atom is 0.323 e. The quantitative estimate of drug-likeness (QED) is 0.404. The van der Waals surface area contributed by atoms with E-state index in [-0.39, 0.29) is 26.3 Å². The molecule has 0 rings (SSSR count). The Kier molecular flexibility index (Phi) is 6.42. The second kappa shape index (κ2) is 7.10. The number of amides is 2. The topological polar surface area (TPSA) is 110 Å². The van der Waals surface area contributed by atoms with Crippen LogP contribution >= 0.6 is 0 Å². The summed E-state index contributed by atoms with van der Waals surface area (Å²) >= 11 is 0. The van der Waals surface area contributed by atoms with Crippen LogP contribution in [0.4, 0.5) is 4.79 Å². The van der Waals surface area contributed by atoms with E-state index in [0.717, 1.165) is 4.90 Å². The van der Waals surface area contributed by atoms with Crippen LogP contribution in [0.5, 0.6) is 0 Å². The third kappa shape index (κ3) is 5.33. The summed E-state index contributed by atoms with van der Waals surface area (Å²) in [6.45, 7) is -0.828. The van der Waals surface area contributed by atoms with Crippen molar-refractivity contribution in [3.8, 4) is 0 Å². The molecule has 2 amide bonds. The highest BCUT2D eigenvalue weighted by Gasteiger charge is 2.12. The maximum absolute atomic E-state index is 11.2. The van der Waals surface area contributed by atoms with Crippen LogP contribution in [0.3, 0.4) is 0 Å². The number of aliphatic carboxylic acids is 1. The van der Waals surface area contributed by atoms with Crippen LogP contribution in [0.2, 0.25) is 0 Å². The molecular formula is C7H14N2O5. The van der Waals surface area contributed by atoms with Crippen molar-refractivity contribution >= 4 is 12.0 Å². The minimum atomic E-state index is -1.15. The van der Waals surface area contributed by atoms with E-state index in [0.29, 0.717) is 0 Å². The lowest BCUT2D eigenvalue weighted by Crippen LogP contribution is -2.44. The lowest BCUT2D eigenvalue weighted by atomic mass is 10.5. The van der Waals surface area contributed by atoms with Crippen LogP contribution in [-0.4, -0.2) is 65.1 Å². The SMILES string of the molecule is O=C(O)CNC(=O)N(CCO)CCO. The Morgan fingerprint density at radius 2 is 1.64 bits per heavy atom. The van der Waals surface area contributed by atoms with Crippen LogP contribution in [0.1, 0.15) is 0 Å². The molecule has 82 valence electrons.